The first-order chi connectivity index (χ1) is 3.30. The fourth-order valence-corrected chi connectivity index (χ4v) is 0.508. The average molecular weight is 100 g/mol. The molecule has 0 atom stereocenters. The van der Waals surface area contributed by atoms with Gasteiger partial charge in [-0.25, -0.2) is 5.84 Å². The Bertz CT molecular complexity index is 88.9. The number of nitrogens with one attached hydrogen (secondary N) is 2. The van der Waals surface area contributed by atoms with E-state index < -0.39 is 0 Å². The third-order valence-corrected chi connectivity index (χ3v) is 0.932. The van der Waals surface area contributed by atoms with Crippen molar-refractivity contribution in [1.29, 1.82) is 5.41 Å². The second-order valence-electron chi connectivity index (χ2n) is 1.47. The van der Waals surface area contributed by atoms with Crippen molar-refractivity contribution in [3.8, 4) is 0 Å². The van der Waals surface area contributed by atoms with Crippen molar-refractivity contribution in [3.63, 3.8) is 0 Å². The van der Waals surface area contributed by atoms with Crippen molar-refractivity contribution < 1.29 is 0 Å². The van der Waals surface area contributed by atoms with Crippen LogP contribution in [0, 0.1) is 5.41 Å². The van der Waals surface area contributed by atoms with E-state index in [1.807, 2.05) is 0 Å². The smallest absolute Gasteiger partial charge is 0.205 e. The van der Waals surface area contributed by atoms with Crippen LogP contribution in [0.3, 0.4) is 0 Å². The first-order valence-corrected chi connectivity index (χ1v) is 2.15. The summed E-state index contributed by atoms with van der Waals surface area (Å²) in [6.45, 7) is 1.55. The predicted octanol–water partition coefficient (Wildman–Crippen LogP) is -1.30. The standard InChI is InChI=1S/C3H8N4/c4-3-6-1-2-7(3)5/h1-2,5H2,(H2,4,6). The van der Waals surface area contributed by atoms with E-state index in [9.17, 15) is 0 Å². The molecule has 0 spiro atoms. The molecule has 1 rings (SSSR count). The number of guanidine groups is 1. The van der Waals surface area contributed by atoms with Gasteiger partial charge in [0.05, 0.1) is 6.54 Å². The molecule has 1 saturated heterocycles. The molecule has 0 aromatic rings. The molecule has 4 heteroatoms. The number of hydrogen-bond donors (Lipinski definition) is 3. The highest BCUT2D eigenvalue weighted by Crippen LogP contribution is 1.82. The van der Waals surface area contributed by atoms with Gasteiger partial charge in [-0.1, -0.05) is 0 Å². The monoisotopic (exact) mass is 100 g/mol. The highest BCUT2D eigenvalue weighted by Gasteiger charge is 2.09. The third-order valence-electron chi connectivity index (χ3n) is 0.932. The largest absolute Gasteiger partial charge is 0.353 e. The zero-order valence-corrected chi connectivity index (χ0v) is 3.94. The van der Waals surface area contributed by atoms with Gasteiger partial charge in [-0.05, 0) is 0 Å². The Balaban J connectivity index is 2.48. The molecule has 0 aromatic carbocycles. The van der Waals surface area contributed by atoms with E-state index >= 15 is 0 Å². The lowest BCUT2D eigenvalue weighted by atomic mass is 10.7. The van der Waals surface area contributed by atoms with Crippen LogP contribution < -0.4 is 11.2 Å². The first kappa shape index (κ1) is 4.39. The summed E-state index contributed by atoms with van der Waals surface area (Å²) < 4.78 is 0. The van der Waals surface area contributed by atoms with Gasteiger partial charge in [0.1, 0.15) is 0 Å². The van der Waals surface area contributed by atoms with Gasteiger partial charge >= 0.3 is 0 Å². The summed E-state index contributed by atoms with van der Waals surface area (Å²) in [6.07, 6.45) is 0. The van der Waals surface area contributed by atoms with Gasteiger partial charge in [-0.2, -0.15) is 0 Å². The van der Waals surface area contributed by atoms with E-state index in [-0.39, 0.29) is 0 Å². The summed E-state index contributed by atoms with van der Waals surface area (Å²) in [5.74, 6) is 5.54. The molecule has 0 unspecified atom stereocenters. The van der Waals surface area contributed by atoms with Gasteiger partial charge in [-0.15, -0.1) is 0 Å². The summed E-state index contributed by atoms with van der Waals surface area (Å²) in [5, 5.41) is 11.1. The van der Waals surface area contributed by atoms with Crippen LogP contribution in [0.5, 0.6) is 0 Å². The first-order valence-electron chi connectivity index (χ1n) is 2.15. The molecule has 1 aliphatic heterocycles. The summed E-state index contributed by atoms with van der Waals surface area (Å²) in [5.41, 5.74) is 0. The van der Waals surface area contributed by atoms with Gasteiger partial charge in [0.2, 0.25) is 5.96 Å². The highest BCUT2D eigenvalue weighted by atomic mass is 15.5. The molecule has 40 valence electrons. The van der Waals surface area contributed by atoms with E-state index in [2.05, 4.69) is 5.32 Å². The molecule has 7 heavy (non-hydrogen) atoms. The van der Waals surface area contributed by atoms with Crippen LogP contribution in [0.1, 0.15) is 0 Å². The van der Waals surface area contributed by atoms with E-state index in [0.29, 0.717) is 5.96 Å². The Kier molecular flexibility index (Phi) is 0.867. The lowest BCUT2D eigenvalue weighted by Gasteiger charge is -2.04. The van der Waals surface area contributed by atoms with E-state index in [4.69, 9.17) is 11.3 Å². The van der Waals surface area contributed by atoms with Gasteiger partial charge < -0.3 is 5.32 Å². The topological polar surface area (TPSA) is 65.1 Å². The number of nitrogens with zero attached hydrogens (tertiary/aromatic N) is 1. The van der Waals surface area contributed by atoms with Crippen molar-refractivity contribution >= 4 is 5.96 Å². The van der Waals surface area contributed by atoms with Gasteiger partial charge in [0.15, 0.2) is 0 Å². The molecular formula is C3H8N4. The Morgan fingerprint density at radius 2 is 2.57 bits per heavy atom. The minimum Gasteiger partial charge on any atom is -0.353 e. The Labute approximate surface area is 41.8 Å². The average Bonchev–Trinajstić information content (AvgIpc) is 1.91. The maximum atomic E-state index is 6.94. The molecule has 4 nitrogen and oxygen atoms in total. The van der Waals surface area contributed by atoms with Crippen LogP contribution in [0.25, 0.3) is 0 Å². The molecule has 4 N–H and O–H groups in total. The number of hydrazine groups is 1. The molecule has 0 aliphatic carbocycles. The van der Waals surface area contributed by atoms with Gasteiger partial charge in [-0.3, -0.25) is 10.4 Å². The number of rotatable bonds is 0. The Hall–Kier alpha value is -0.770. The number of hydrogen-bond acceptors (Lipinski definition) is 2. The molecule has 1 heterocycles. The van der Waals surface area contributed by atoms with Crippen LogP contribution in [-0.4, -0.2) is 24.1 Å². The summed E-state index contributed by atoms with van der Waals surface area (Å²) >= 11 is 0. The molecule has 0 amide bonds. The molecule has 0 aromatic heterocycles. The maximum Gasteiger partial charge on any atom is 0.205 e. The van der Waals surface area contributed by atoms with Crippen molar-refractivity contribution in [2.45, 2.75) is 0 Å². The molecule has 0 saturated carbocycles. The lowest BCUT2D eigenvalue weighted by molar-refractivity contribution is 0.487. The molecule has 1 fully saturated rings. The van der Waals surface area contributed by atoms with E-state index in [1.165, 1.54) is 5.01 Å². The lowest BCUT2D eigenvalue weighted by Crippen LogP contribution is -2.34. The minimum atomic E-state index is 0.319. The molecule has 1 aliphatic rings. The second-order valence-corrected chi connectivity index (χ2v) is 1.47. The Morgan fingerprint density at radius 3 is 2.71 bits per heavy atom. The summed E-state index contributed by atoms with van der Waals surface area (Å²) in [7, 11) is 0. The quantitative estimate of drug-likeness (QED) is 0.331. The minimum absolute atomic E-state index is 0.319. The van der Waals surface area contributed by atoms with Crippen molar-refractivity contribution in [2.75, 3.05) is 13.1 Å². The fraction of sp³-hybridized carbons (Fsp3) is 0.667. The van der Waals surface area contributed by atoms with Crippen LogP contribution in [0.2, 0.25) is 0 Å². The van der Waals surface area contributed by atoms with E-state index in [0.717, 1.165) is 13.1 Å². The van der Waals surface area contributed by atoms with E-state index in [1.54, 1.807) is 0 Å². The maximum absolute atomic E-state index is 6.94. The molecule has 0 bridgehead atoms. The third kappa shape index (κ3) is 0.640. The van der Waals surface area contributed by atoms with Crippen molar-refractivity contribution in [1.82, 2.24) is 10.3 Å². The van der Waals surface area contributed by atoms with Crippen LogP contribution >= 0.6 is 0 Å². The zero-order valence-electron chi connectivity index (χ0n) is 3.94. The van der Waals surface area contributed by atoms with Crippen LogP contribution in [0.15, 0.2) is 0 Å². The molecule has 0 radical (unpaired) electrons. The fourth-order valence-electron chi connectivity index (χ4n) is 0.508. The summed E-state index contributed by atoms with van der Waals surface area (Å²) in [4.78, 5) is 0. The van der Waals surface area contributed by atoms with Crippen LogP contribution in [0.4, 0.5) is 0 Å². The van der Waals surface area contributed by atoms with Gasteiger partial charge in [0.25, 0.3) is 0 Å². The summed E-state index contributed by atoms with van der Waals surface area (Å²) in [6, 6.07) is 0. The highest BCUT2D eigenvalue weighted by molar-refractivity contribution is 5.77. The molecular weight excluding hydrogens is 92.1 g/mol. The number of nitrogens with two attached hydrogens (primary N) is 1. The van der Waals surface area contributed by atoms with Gasteiger partial charge in [0, 0.05) is 6.54 Å². The normalized spacial score (nSPS) is 20.1. The predicted molar refractivity (Wildman–Crippen MR) is 26.6 cm³/mol. The van der Waals surface area contributed by atoms with Crippen molar-refractivity contribution in [2.24, 2.45) is 5.84 Å². The Morgan fingerprint density at radius 1 is 1.86 bits per heavy atom. The SMILES string of the molecule is N=C1NCCN1N. The second kappa shape index (κ2) is 1.38. The zero-order chi connectivity index (χ0) is 5.28. The van der Waals surface area contributed by atoms with Crippen LogP contribution in [-0.2, 0) is 0 Å². The van der Waals surface area contributed by atoms with Crippen molar-refractivity contribution in [3.05, 3.63) is 0 Å².